The first-order chi connectivity index (χ1) is 17.4. The van der Waals surface area contributed by atoms with Crippen molar-refractivity contribution < 1.29 is 13.2 Å². The molecule has 0 fully saturated rings. The van der Waals surface area contributed by atoms with Gasteiger partial charge in [-0.15, -0.1) is 11.3 Å². The number of nitrogens with zero attached hydrogens (tertiary/aromatic N) is 2. The maximum Gasteiger partial charge on any atom is 0.244 e. The van der Waals surface area contributed by atoms with Crippen molar-refractivity contribution in [2.45, 2.75) is 38.3 Å². The van der Waals surface area contributed by atoms with Crippen LogP contribution in [0, 0.1) is 5.92 Å². The second kappa shape index (κ2) is 11.8. The van der Waals surface area contributed by atoms with Gasteiger partial charge in [-0.05, 0) is 34.4 Å². The van der Waals surface area contributed by atoms with Crippen LogP contribution in [0.3, 0.4) is 0 Å². The first-order valence-corrected chi connectivity index (χ1v) is 14.5. The number of benzene rings is 3. The highest BCUT2D eigenvalue weighted by atomic mass is 32.2. The predicted octanol–water partition coefficient (Wildman–Crippen LogP) is 6.17. The zero-order valence-corrected chi connectivity index (χ0v) is 22.3. The molecule has 0 aliphatic rings. The molecule has 1 heterocycles. The summed E-state index contributed by atoms with van der Waals surface area (Å²) in [5.74, 6) is -0.0956. The molecule has 4 rings (SSSR count). The molecule has 5 nitrogen and oxygen atoms in total. The lowest BCUT2D eigenvalue weighted by atomic mass is 10.1. The van der Waals surface area contributed by atoms with E-state index in [-0.39, 0.29) is 29.8 Å². The summed E-state index contributed by atoms with van der Waals surface area (Å²) in [6, 6.07) is 26.5. The number of thiophene rings is 1. The molecule has 0 N–H and O–H groups in total. The summed E-state index contributed by atoms with van der Waals surface area (Å²) in [6.07, 6.45) is 0.818. The van der Waals surface area contributed by atoms with E-state index < -0.39 is 10.0 Å². The molecule has 0 aliphatic carbocycles. The lowest BCUT2D eigenvalue weighted by molar-refractivity contribution is -0.132. The summed E-state index contributed by atoms with van der Waals surface area (Å²) >= 11 is 1.59. The van der Waals surface area contributed by atoms with Crippen molar-refractivity contribution in [2.24, 2.45) is 5.92 Å². The lowest BCUT2D eigenvalue weighted by Gasteiger charge is -2.29. The number of carbonyl (C=O) groups excluding carboxylic acids is 1. The summed E-state index contributed by atoms with van der Waals surface area (Å²) in [4.78, 5) is 16.8. The maximum atomic E-state index is 14.0. The summed E-state index contributed by atoms with van der Waals surface area (Å²) in [5.41, 5.74) is 1.01. The number of fused-ring (bicyclic) bond motifs is 1. The van der Waals surface area contributed by atoms with Gasteiger partial charge in [0.15, 0.2) is 0 Å². The van der Waals surface area contributed by atoms with Gasteiger partial charge >= 0.3 is 0 Å². The Labute approximate surface area is 218 Å². The van der Waals surface area contributed by atoms with Gasteiger partial charge in [-0.3, -0.25) is 4.79 Å². The molecule has 1 unspecified atom stereocenters. The number of hydrogen-bond acceptors (Lipinski definition) is 4. The molecule has 36 heavy (non-hydrogen) atoms. The van der Waals surface area contributed by atoms with Gasteiger partial charge < -0.3 is 4.90 Å². The van der Waals surface area contributed by atoms with E-state index in [9.17, 15) is 13.2 Å². The Morgan fingerprint density at radius 3 is 2.33 bits per heavy atom. The quantitative estimate of drug-likeness (QED) is 0.238. The van der Waals surface area contributed by atoms with Crippen LogP contribution in [0.15, 0.2) is 95.2 Å². The zero-order chi connectivity index (χ0) is 25.5. The van der Waals surface area contributed by atoms with Crippen molar-refractivity contribution in [1.29, 1.82) is 0 Å². The predicted molar refractivity (Wildman–Crippen MR) is 147 cm³/mol. The van der Waals surface area contributed by atoms with Crippen molar-refractivity contribution in [2.75, 3.05) is 13.1 Å². The van der Waals surface area contributed by atoms with Crippen LogP contribution in [-0.2, 0) is 27.9 Å². The van der Waals surface area contributed by atoms with E-state index >= 15 is 0 Å². The monoisotopic (exact) mass is 520 g/mol. The standard InChI is InChI=1S/C29H32N2O3S2/c1-3-23(2)19-31(36(33,34)28-17-9-14-25-13-7-8-16-27(25)28)22-29(32)30(21-26-15-10-18-35-26)20-24-11-5-4-6-12-24/h4-18,23H,3,19-22H2,1-2H3. The Morgan fingerprint density at radius 2 is 1.61 bits per heavy atom. The van der Waals surface area contributed by atoms with Gasteiger partial charge in [0, 0.05) is 23.4 Å². The van der Waals surface area contributed by atoms with Crippen molar-refractivity contribution in [3.8, 4) is 0 Å². The molecule has 7 heteroatoms. The van der Waals surface area contributed by atoms with Gasteiger partial charge in [0.1, 0.15) is 0 Å². The second-order valence-corrected chi connectivity index (χ2v) is 12.0. The van der Waals surface area contributed by atoms with Crippen LogP contribution >= 0.6 is 11.3 Å². The largest absolute Gasteiger partial charge is 0.332 e. The molecular formula is C29H32N2O3S2. The van der Waals surface area contributed by atoms with Crippen molar-refractivity contribution in [3.05, 3.63) is 101 Å². The fraction of sp³-hybridized carbons (Fsp3) is 0.276. The van der Waals surface area contributed by atoms with Crippen molar-refractivity contribution in [3.63, 3.8) is 0 Å². The molecule has 0 aliphatic heterocycles. The molecule has 1 amide bonds. The van der Waals surface area contributed by atoms with Crippen LogP contribution in [0.5, 0.6) is 0 Å². The number of amides is 1. The van der Waals surface area contributed by atoms with Crippen LogP contribution in [0.4, 0.5) is 0 Å². The highest BCUT2D eigenvalue weighted by Crippen LogP contribution is 2.27. The topological polar surface area (TPSA) is 57.7 Å². The fourth-order valence-electron chi connectivity index (χ4n) is 4.16. The molecule has 4 aromatic rings. The molecule has 1 atom stereocenters. The molecule has 0 bridgehead atoms. The molecule has 0 saturated carbocycles. The maximum absolute atomic E-state index is 14.0. The minimum atomic E-state index is -3.91. The summed E-state index contributed by atoms with van der Waals surface area (Å²) < 4.78 is 29.3. The van der Waals surface area contributed by atoms with E-state index in [0.29, 0.717) is 18.5 Å². The number of hydrogen-bond donors (Lipinski definition) is 0. The third kappa shape index (κ3) is 6.22. The SMILES string of the molecule is CCC(C)CN(CC(=O)N(Cc1ccccc1)Cc1cccs1)S(=O)(=O)c1cccc2ccccc12. The third-order valence-electron chi connectivity index (χ3n) is 6.39. The van der Waals surface area contributed by atoms with Crippen LogP contribution in [0.25, 0.3) is 10.8 Å². The zero-order valence-electron chi connectivity index (χ0n) is 20.7. The average Bonchev–Trinajstić information content (AvgIpc) is 3.41. The lowest BCUT2D eigenvalue weighted by Crippen LogP contribution is -2.44. The van der Waals surface area contributed by atoms with Gasteiger partial charge in [-0.2, -0.15) is 4.31 Å². The normalized spacial score (nSPS) is 12.6. The van der Waals surface area contributed by atoms with Crippen LogP contribution in [0.2, 0.25) is 0 Å². The first-order valence-electron chi connectivity index (χ1n) is 12.2. The smallest absolute Gasteiger partial charge is 0.244 e. The highest BCUT2D eigenvalue weighted by molar-refractivity contribution is 7.89. The Balaban J connectivity index is 1.66. The second-order valence-electron chi connectivity index (χ2n) is 9.10. The van der Waals surface area contributed by atoms with E-state index in [1.165, 1.54) is 4.31 Å². The van der Waals surface area contributed by atoms with Gasteiger partial charge in [0.2, 0.25) is 15.9 Å². The number of sulfonamides is 1. The minimum Gasteiger partial charge on any atom is -0.332 e. The molecule has 0 spiro atoms. The van der Waals surface area contributed by atoms with E-state index in [2.05, 4.69) is 0 Å². The van der Waals surface area contributed by atoms with Crippen LogP contribution < -0.4 is 0 Å². The van der Waals surface area contributed by atoms with Crippen molar-refractivity contribution >= 4 is 38.0 Å². The summed E-state index contributed by atoms with van der Waals surface area (Å²) in [6.45, 7) is 5.00. The number of rotatable bonds is 11. The molecule has 0 radical (unpaired) electrons. The fourth-order valence-corrected chi connectivity index (χ4v) is 6.60. The Bertz CT molecular complexity index is 1380. The molecular weight excluding hydrogens is 488 g/mol. The Hall–Kier alpha value is -3.00. The van der Waals surface area contributed by atoms with Crippen LogP contribution in [-0.4, -0.2) is 36.6 Å². The van der Waals surface area contributed by atoms with E-state index in [1.54, 1.807) is 28.4 Å². The van der Waals surface area contributed by atoms with E-state index in [4.69, 9.17) is 0 Å². The summed E-state index contributed by atoms with van der Waals surface area (Å²) in [5, 5.41) is 3.51. The molecule has 0 saturated heterocycles. The van der Waals surface area contributed by atoms with E-state index in [0.717, 1.165) is 22.2 Å². The molecule has 188 valence electrons. The van der Waals surface area contributed by atoms with Crippen LogP contribution in [0.1, 0.15) is 30.7 Å². The third-order valence-corrected chi connectivity index (χ3v) is 9.12. The molecule has 1 aromatic heterocycles. The van der Waals surface area contributed by atoms with Gasteiger partial charge in [0.05, 0.1) is 18.0 Å². The molecule has 3 aromatic carbocycles. The Morgan fingerprint density at radius 1 is 0.889 bits per heavy atom. The Kier molecular flexibility index (Phi) is 8.56. The number of carbonyl (C=O) groups is 1. The van der Waals surface area contributed by atoms with Gasteiger partial charge in [-0.1, -0.05) is 93.1 Å². The van der Waals surface area contributed by atoms with Crippen molar-refractivity contribution in [1.82, 2.24) is 9.21 Å². The van der Waals surface area contributed by atoms with Gasteiger partial charge in [0.25, 0.3) is 0 Å². The summed E-state index contributed by atoms with van der Waals surface area (Å²) in [7, 11) is -3.91. The van der Waals surface area contributed by atoms with E-state index in [1.807, 2.05) is 92.0 Å². The average molecular weight is 521 g/mol. The minimum absolute atomic E-state index is 0.113. The van der Waals surface area contributed by atoms with Gasteiger partial charge in [-0.25, -0.2) is 8.42 Å². The first kappa shape index (κ1) is 26.1. The highest BCUT2D eigenvalue weighted by Gasteiger charge is 2.31.